The van der Waals surface area contributed by atoms with Crippen molar-refractivity contribution in [2.45, 2.75) is 103 Å². The lowest BCUT2D eigenvalue weighted by atomic mass is 9.77. The molecule has 1 rings (SSSR count). The van der Waals surface area contributed by atoms with Crippen molar-refractivity contribution >= 4 is 0 Å². The van der Waals surface area contributed by atoms with Gasteiger partial charge in [0.1, 0.15) is 0 Å². The Morgan fingerprint density at radius 3 is 1.95 bits per heavy atom. The fourth-order valence-electron chi connectivity index (χ4n) is 3.73. The van der Waals surface area contributed by atoms with Gasteiger partial charge in [-0.05, 0) is 60.5 Å². The van der Waals surface area contributed by atoms with E-state index >= 15 is 0 Å². The van der Waals surface area contributed by atoms with E-state index in [9.17, 15) is 0 Å². The van der Waals surface area contributed by atoms with Gasteiger partial charge < -0.3 is 5.32 Å². The molecule has 1 fully saturated rings. The van der Waals surface area contributed by atoms with Crippen LogP contribution in [-0.4, -0.2) is 35.6 Å². The highest BCUT2D eigenvalue weighted by Gasteiger charge is 2.42. The van der Waals surface area contributed by atoms with Gasteiger partial charge in [0.05, 0.1) is 0 Å². The average molecular weight is 283 g/mol. The standard InChI is InChI=1S/C18H38N2/c1-7-8-9-10-11-12-13-19-16-14-17(2,3)20(6)18(4,5)15-16/h16,19H,7-15H2,1-6H3. The van der Waals surface area contributed by atoms with Gasteiger partial charge in [-0.15, -0.1) is 0 Å². The van der Waals surface area contributed by atoms with E-state index in [-0.39, 0.29) is 0 Å². The van der Waals surface area contributed by atoms with Crippen LogP contribution < -0.4 is 5.32 Å². The number of hydrogen-bond acceptors (Lipinski definition) is 2. The highest BCUT2D eigenvalue weighted by atomic mass is 15.2. The fraction of sp³-hybridized carbons (Fsp3) is 1.00. The molecular formula is C18H38N2. The van der Waals surface area contributed by atoms with Crippen molar-refractivity contribution < 1.29 is 0 Å². The molecule has 20 heavy (non-hydrogen) atoms. The van der Waals surface area contributed by atoms with Crippen molar-refractivity contribution in [3.8, 4) is 0 Å². The minimum absolute atomic E-state index is 0.306. The van der Waals surface area contributed by atoms with Crippen LogP contribution in [0.2, 0.25) is 0 Å². The maximum atomic E-state index is 3.82. The van der Waals surface area contributed by atoms with Gasteiger partial charge in [0.25, 0.3) is 0 Å². The number of unbranched alkanes of at least 4 members (excludes halogenated alkanes) is 5. The Balaban J connectivity index is 2.24. The molecular weight excluding hydrogens is 244 g/mol. The third-order valence-corrected chi connectivity index (χ3v) is 5.27. The summed E-state index contributed by atoms with van der Waals surface area (Å²) in [5.41, 5.74) is 0.612. The van der Waals surface area contributed by atoms with Crippen molar-refractivity contribution in [2.75, 3.05) is 13.6 Å². The van der Waals surface area contributed by atoms with Crippen molar-refractivity contribution in [1.82, 2.24) is 10.2 Å². The van der Waals surface area contributed by atoms with Crippen LogP contribution in [0.5, 0.6) is 0 Å². The van der Waals surface area contributed by atoms with Crippen LogP contribution in [0.3, 0.4) is 0 Å². The molecule has 0 aromatic heterocycles. The molecule has 0 bridgehead atoms. The SMILES string of the molecule is CCCCCCCCNC1CC(C)(C)N(C)C(C)(C)C1. The first-order valence-corrected chi connectivity index (χ1v) is 8.77. The highest BCUT2D eigenvalue weighted by Crippen LogP contribution is 2.36. The van der Waals surface area contributed by atoms with Crippen molar-refractivity contribution in [3.05, 3.63) is 0 Å². The van der Waals surface area contributed by atoms with E-state index in [1.165, 1.54) is 57.9 Å². The average Bonchev–Trinajstić information content (AvgIpc) is 2.34. The van der Waals surface area contributed by atoms with Gasteiger partial charge >= 0.3 is 0 Å². The Morgan fingerprint density at radius 2 is 1.40 bits per heavy atom. The minimum atomic E-state index is 0.306. The zero-order chi connectivity index (χ0) is 15.2. The first-order valence-electron chi connectivity index (χ1n) is 8.77. The number of piperidine rings is 1. The van der Waals surface area contributed by atoms with E-state index in [1.807, 2.05) is 0 Å². The van der Waals surface area contributed by atoms with E-state index in [0.717, 1.165) is 0 Å². The molecule has 0 amide bonds. The van der Waals surface area contributed by atoms with Gasteiger partial charge in [0.15, 0.2) is 0 Å². The first kappa shape index (κ1) is 18.0. The van der Waals surface area contributed by atoms with Crippen LogP contribution >= 0.6 is 0 Å². The molecule has 1 aliphatic rings. The predicted molar refractivity (Wildman–Crippen MR) is 90.3 cm³/mol. The highest BCUT2D eigenvalue weighted by molar-refractivity contribution is 5.00. The Labute approximate surface area is 127 Å². The van der Waals surface area contributed by atoms with Crippen LogP contribution in [0, 0.1) is 0 Å². The quantitative estimate of drug-likeness (QED) is 0.655. The smallest absolute Gasteiger partial charge is 0.0170 e. The molecule has 1 heterocycles. The zero-order valence-corrected chi connectivity index (χ0v) is 14.9. The maximum absolute atomic E-state index is 3.82. The van der Waals surface area contributed by atoms with Gasteiger partial charge in [0.2, 0.25) is 0 Å². The third-order valence-electron chi connectivity index (χ3n) is 5.27. The number of hydrogen-bond donors (Lipinski definition) is 1. The lowest BCUT2D eigenvalue weighted by Gasteiger charge is -2.53. The van der Waals surface area contributed by atoms with E-state index in [2.05, 4.69) is 51.9 Å². The molecule has 0 saturated carbocycles. The summed E-state index contributed by atoms with van der Waals surface area (Å²) < 4.78 is 0. The number of likely N-dealkylation sites (tertiary alicyclic amines) is 1. The van der Waals surface area contributed by atoms with E-state index in [1.54, 1.807) is 0 Å². The molecule has 0 aromatic carbocycles. The first-order chi connectivity index (χ1) is 9.29. The van der Waals surface area contributed by atoms with Crippen molar-refractivity contribution in [3.63, 3.8) is 0 Å². The van der Waals surface area contributed by atoms with Gasteiger partial charge in [-0.3, -0.25) is 4.90 Å². The second kappa shape index (κ2) is 7.79. The molecule has 0 aromatic rings. The lowest BCUT2D eigenvalue weighted by Crippen LogP contribution is -2.62. The van der Waals surface area contributed by atoms with Gasteiger partial charge in [-0.1, -0.05) is 39.0 Å². The summed E-state index contributed by atoms with van der Waals surface area (Å²) in [4.78, 5) is 2.56. The Bertz CT molecular complexity index is 253. The summed E-state index contributed by atoms with van der Waals surface area (Å²) in [6, 6.07) is 0.687. The van der Waals surface area contributed by atoms with Gasteiger partial charge in [0, 0.05) is 17.1 Å². The molecule has 0 aliphatic carbocycles. The third kappa shape index (κ3) is 5.37. The van der Waals surface area contributed by atoms with Crippen LogP contribution in [0.15, 0.2) is 0 Å². The predicted octanol–water partition coefficient (Wildman–Crippen LogP) is 4.59. The molecule has 0 unspecified atom stereocenters. The van der Waals surface area contributed by atoms with Crippen molar-refractivity contribution in [2.24, 2.45) is 0 Å². The molecule has 120 valence electrons. The second-order valence-electron chi connectivity index (χ2n) is 8.01. The summed E-state index contributed by atoms with van der Waals surface area (Å²) in [6.45, 7) is 13.0. The molecule has 1 N–H and O–H groups in total. The summed E-state index contributed by atoms with van der Waals surface area (Å²) in [6.07, 6.45) is 10.9. The number of nitrogens with one attached hydrogen (secondary N) is 1. The van der Waals surface area contributed by atoms with Crippen LogP contribution in [0.1, 0.15) is 86.0 Å². The van der Waals surface area contributed by atoms with E-state index in [0.29, 0.717) is 17.1 Å². The second-order valence-corrected chi connectivity index (χ2v) is 8.01. The summed E-state index contributed by atoms with van der Waals surface area (Å²) in [5.74, 6) is 0. The Kier molecular flexibility index (Phi) is 7.00. The molecule has 1 aliphatic heterocycles. The van der Waals surface area contributed by atoms with E-state index < -0.39 is 0 Å². The fourth-order valence-corrected chi connectivity index (χ4v) is 3.73. The van der Waals surface area contributed by atoms with Crippen LogP contribution in [0.4, 0.5) is 0 Å². The minimum Gasteiger partial charge on any atom is -0.314 e. The number of nitrogens with zero attached hydrogens (tertiary/aromatic N) is 1. The van der Waals surface area contributed by atoms with E-state index in [4.69, 9.17) is 0 Å². The molecule has 2 nitrogen and oxygen atoms in total. The summed E-state index contributed by atoms with van der Waals surface area (Å²) in [7, 11) is 2.28. The lowest BCUT2D eigenvalue weighted by molar-refractivity contribution is -0.0180. The molecule has 2 heteroatoms. The largest absolute Gasteiger partial charge is 0.314 e. The Morgan fingerprint density at radius 1 is 0.900 bits per heavy atom. The summed E-state index contributed by atoms with van der Waals surface area (Å²) >= 11 is 0. The topological polar surface area (TPSA) is 15.3 Å². The van der Waals surface area contributed by atoms with Gasteiger partial charge in [-0.25, -0.2) is 0 Å². The Hall–Kier alpha value is -0.0800. The monoisotopic (exact) mass is 282 g/mol. The summed E-state index contributed by atoms with van der Waals surface area (Å²) in [5, 5.41) is 3.82. The van der Waals surface area contributed by atoms with Gasteiger partial charge in [-0.2, -0.15) is 0 Å². The van der Waals surface area contributed by atoms with Crippen molar-refractivity contribution in [1.29, 1.82) is 0 Å². The number of rotatable bonds is 8. The molecule has 1 saturated heterocycles. The van der Waals surface area contributed by atoms with Crippen LogP contribution in [-0.2, 0) is 0 Å². The molecule has 0 atom stereocenters. The normalized spacial score (nSPS) is 23.1. The molecule has 0 spiro atoms. The maximum Gasteiger partial charge on any atom is 0.0170 e. The van der Waals surface area contributed by atoms with Crippen LogP contribution in [0.25, 0.3) is 0 Å². The molecule has 0 radical (unpaired) electrons. The zero-order valence-electron chi connectivity index (χ0n) is 14.9.